The van der Waals surface area contributed by atoms with Crippen LogP contribution in [0, 0.1) is 6.92 Å². The quantitative estimate of drug-likeness (QED) is 0.658. The lowest BCUT2D eigenvalue weighted by Gasteiger charge is -2.08. The molecule has 108 valence electrons. The van der Waals surface area contributed by atoms with Crippen molar-refractivity contribution in [1.29, 1.82) is 0 Å². The number of nitrogens with two attached hydrogens (primary N) is 1. The molecule has 0 aliphatic rings. The maximum atomic E-state index is 12.0. The Hall–Kier alpha value is -1.60. The standard InChI is InChI=1S/C12H22N4O3/c1-4-16-11(10(13)9(2)15-16)12(17)14-5-6-19-8-7-18-3/h4-8,13H2,1-3H3,(H,14,17). The third-order valence-corrected chi connectivity index (χ3v) is 2.65. The minimum absolute atomic E-state index is 0.227. The average molecular weight is 270 g/mol. The Bertz CT molecular complexity index is 417. The summed E-state index contributed by atoms with van der Waals surface area (Å²) in [6.45, 7) is 6.22. The van der Waals surface area contributed by atoms with Crippen molar-refractivity contribution in [1.82, 2.24) is 15.1 Å². The smallest absolute Gasteiger partial charge is 0.271 e. The summed E-state index contributed by atoms with van der Waals surface area (Å²) in [6, 6.07) is 0. The van der Waals surface area contributed by atoms with Crippen LogP contribution < -0.4 is 11.1 Å². The number of hydrogen-bond donors (Lipinski definition) is 2. The number of nitrogens with zero attached hydrogens (tertiary/aromatic N) is 2. The number of methoxy groups -OCH3 is 1. The van der Waals surface area contributed by atoms with Gasteiger partial charge in [0.25, 0.3) is 5.91 Å². The highest BCUT2D eigenvalue weighted by molar-refractivity contribution is 5.97. The fourth-order valence-corrected chi connectivity index (χ4v) is 1.63. The van der Waals surface area contributed by atoms with Gasteiger partial charge in [-0.15, -0.1) is 0 Å². The molecule has 7 heteroatoms. The monoisotopic (exact) mass is 270 g/mol. The lowest BCUT2D eigenvalue weighted by atomic mass is 10.3. The first-order valence-corrected chi connectivity index (χ1v) is 6.29. The molecule has 0 bridgehead atoms. The molecule has 1 aromatic heterocycles. The molecule has 0 radical (unpaired) electrons. The number of carbonyl (C=O) groups is 1. The lowest BCUT2D eigenvalue weighted by Crippen LogP contribution is -2.30. The summed E-state index contributed by atoms with van der Waals surface area (Å²) >= 11 is 0. The molecule has 0 atom stereocenters. The number of ether oxygens (including phenoxy) is 2. The zero-order valence-electron chi connectivity index (χ0n) is 11.7. The Labute approximate surface area is 113 Å². The number of anilines is 1. The molecular weight excluding hydrogens is 248 g/mol. The van der Waals surface area contributed by atoms with Gasteiger partial charge in [0.2, 0.25) is 0 Å². The van der Waals surface area contributed by atoms with Crippen molar-refractivity contribution in [3.8, 4) is 0 Å². The van der Waals surface area contributed by atoms with Gasteiger partial charge >= 0.3 is 0 Å². The van der Waals surface area contributed by atoms with Gasteiger partial charge in [-0.3, -0.25) is 9.48 Å². The molecule has 0 aromatic carbocycles. The van der Waals surface area contributed by atoms with E-state index in [1.807, 2.05) is 6.92 Å². The zero-order valence-corrected chi connectivity index (χ0v) is 11.7. The van der Waals surface area contributed by atoms with Crippen LogP contribution in [0.3, 0.4) is 0 Å². The number of hydrogen-bond acceptors (Lipinski definition) is 5. The second-order valence-electron chi connectivity index (χ2n) is 4.02. The first-order valence-electron chi connectivity index (χ1n) is 6.29. The van der Waals surface area contributed by atoms with E-state index in [1.165, 1.54) is 0 Å². The highest BCUT2D eigenvalue weighted by Gasteiger charge is 2.18. The number of rotatable bonds is 8. The normalized spacial score (nSPS) is 10.7. The molecule has 1 rings (SSSR count). The summed E-state index contributed by atoms with van der Waals surface area (Å²) in [4.78, 5) is 12.0. The Kier molecular flexibility index (Phi) is 6.31. The average Bonchev–Trinajstić information content (AvgIpc) is 2.69. The number of aryl methyl sites for hydroxylation is 2. The van der Waals surface area contributed by atoms with Crippen molar-refractivity contribution in [3.63, 3.8) is 0 Å². The highest BCUT2D eigenvalue weighted by Crippen LogP contribution is 2.15. The molecule has 0 saturated heterocycles. The molecule has 19 heavy (non-hydrogen) atoms. The lowest BCUT2D eigenvalue weighted by molar-refractivity contribution is 0.0691. The SMILES string of the molecule is CCn1nc(C)c(N)c1C(=O)NCCOCCOC. The number of amides is 1. The van der Waals surface area contributed by atoms with Gasteiger partial charge in [0.1, 0.15) is 5.69 Å². The van der Waals surface area contributed by atoms with Gasteiger partial charge in [-0.2, -0.15) is 5.10 Å². The van der Waals surface area contributed by atoms with Gasteiger partial charge < -0.3 is 20.5 Å². The number of nitrogens with one attached hydrogen (secondary N) is 1. The molecule has 1 amide bonds. The fourth-order valence-electron chi connectivity index (χ4n) is 1.63. The van der Waals surface area contributed by atoms with Crippen molar-refractivity contribution in [2.45, 2.75) is 20.4 Å². The van der Waals surface area contributed by atoms with Crippen LogP contribution in [0.15, 0.2) is 0 Å². The van der Waals surface area contributed by atoms with Gasteiger partial charge in [-0.1, -0.05) is 0 Å². The Balaban J connectivity index is 2.45. The van der Waals surface area contributed by atoms with Gasteiger partial charge in [-0.25, -0.2) is 0 Å². The van der Waals surface area contributed by atoms with E-state index in [1.54, 1.807) is 18.7 Å². The summed E-state index contributed by atoms with van der Waals surface area (Å²) in [7, 11) is 1.61. The van der Waals surface area contributed by atoms with Crippen LogP contribution in [-0.2, 0) is 16.0 Å². The molecule has 1 heterocycles. The minimum atomic E-state index is -0.227. The van der Waals surface area contributed by atoms with Crippen molar-refractivity contribution in [2.24, 2.45) is 0 Å². The van der Waals surface area contributed by atoms with Crippen LogP contribution >= 0.6 is 0 Å². The largest absolute Gasteiger partial charge is 0.395 e. The minimum Gasteiger partial charge on any atom is -0.395 e. The van der Waals surface area contributed by atoms with Crippen molar-refractivity contribution < 1.29 is 14.3 Å². The summed E-state index contributed by atoms with van der Waals surface area (Å²) in [6.07, 6.45) is 0. The molecule has 0 fully saturated rings. The number of nitrogen functional groups attached to an aromatic ring is 1. The van der Waals surface area contributed by atoms with E-state index in [0.29, 0.717) is 50.0 Å². The Morgan fingerprint density at radius 2 is 2.16 bits per heavy atom. The molecule has 0 unspecified atom stereocenters. The van der Waals surface area contributed by atoms with E-state index < -0.39 is 0 Å². The predicted octanol–water partition coefficient (Wildman–Crippen LogP) is 0.186. The second kappa shape index (κ2) is 7.75. The van der Waals surface area contributed by atoms with Crippen LogP contribution in [-0.4, -0.2) is 49.2 Å². The molecule has 0 saturated carbocycles. The van der Waals surface area contributed by atoms with Crippen LogP contribution in [0.1, 0.15) is 23.1 Å². The van der Waals surface area contributed by atoms with E-state index >= 15 is 0 Å². The number of carbonyl (C=O) groups excluding carboxylic acids is 1. The molecular formula is C12H22N4O3. The van der Waals surface area contributed by atoms with Crippen LogP contribution in [0.4, 0.5) is 5.69 Å². The molecule has 3 N–H and O–H groups in total. The first kappa shape index (κ1) is 15.5. The first-order chi connectivity index (χ1) is 9.11. The second-order valence-corrected chi connectivity index (χ2v) is 4.02. The fraction of sp³-hybridized carbons (Fsp3) is 0.667. The topological polar surface area (TPSA) is 91.4 Å². The van der Waals surface area contributed by atoms with Crippen molar-refractivity contribution in [2.75, 3.05) is 39.2 Å². The van der Waals surface area contributed by atoms with Gasteiger partial charge in [0.15, 0.2) is 0 Å². The molecule has 7 nitrogen and oxygen atoms in total. The van der Waals surface area contributed by atoms with Crippen molar-refractivity contribution in [3.05, 3.63) is 11.4 Å². The Morgan fingerprint density at radius 3 is 2.79 bits per heavy atom. The summed E-state index contributed by atoms with van der Waals surface area (Å²) in [5.74, 6) is -0.227. The maximum absolute atomic E-state index is 12.0. The van der Waals surface area contributed by atoms with Crippen molar-refractivity contribution >= 4 is 11.6 Å². The van der Waals surface area contributed by atoms with Crippen LogP contribution in [0.5, 0.6) is 0 Å². The van der Waals surface area contributed by atoms with Gasteiger partial charge in [-0.05, 0) is 13.8 Å². The van der Waals surface area contributed by atoms with E-state index in [4.69, 9.17) is 15.2 Å². The van der Waals surface area contributed by atoms with E-state index in [2.05, 4.69) is 10.4 Å². The third-order valence-electron chi connectivity index (χ3n) is 2.65. The highest BCUT2D eigenvalue weighted by atomic mass is 16.5. The number of aromatic nitrogens is 2. The van der Waals surface area contributed by atoms with Crippen LogP contribution in [0.25, 0.3) is 0 Å². The third kappa shape index (κ3) is 4.22. The predicted molar refractivity (Wildman–Crippen MR) is 72.1 cm³/mol. The molecule has 1 aromatic rings. The summed E-state index contributed by atoms with van der Waals surface area (Å²) < 4.78 is 11.7. The van der Waals surface area contributed by atoms with Crippen LogP contribution in [0.2, 0.25) is 0 Å². The zero-order chi connectivity index (χ0) is 14.3. The Morgan fingerprint density at radius 1 is 1.42 bits per heavy atom. The van der Waals surface area contributed by atoms with Gasteiger partial charge in [0, 0.05) is 20.2 Å². The maximum Gasteiger partial charge on any atom is 0.271 e. The van der Waals surface area contributed by atoms with Gasteiger partial charge in [0.05, 0.1) is 31.2 Å². The molecule has 0 aliphatic carbocycles. The van der Waals surface area contributed by atoms with E-state index in [9.17, 15) is 4.79 Å². The summed E-state index contributed by atoms with van der Waals surface area (Å²) in [5, 5.41) is 6.96. The van der Waals surface area contributed by atoms with E-state index in [-0.39, 0.29) is 5.91 Å². The summed E-state index contributed by atoms with van der Waals surface area (Å²) in [5.41, 5.74) is 7.37. The molecule has 0 aliphatic heterocycles. The van der Waals surface area contributed by atoms with E-state index in [0.717, 1.165) is 0 Å². The molecule has 0 spiro atoms.